The summed E-state index contributed by atoms with van der Waals surface area (Å²) in [4.78, 5) is 12.8. The van der Waals surface area contributed by atoms with Gasteiger partial charge >= 0.3 is 0 Å². The topological polar surface area (TPSA) is 66.5 Å². The van der Waals surface area contributed by atoms with Gasteiger partial charge in [0.1, 0.15) is 0 Å². The van der Waals surface area contributed by atoms with Crippen LogP contribution >= 0.6 is 0 Å². The van der Waals surface area contributed by atoms with Crippen molar-refractivity contribution in [3.63, 3.8) is 0 Å². The third-order valence-corrected chi connectivity index (χ3v) is 7.12. The molecule has 3 rings (SSSR count). The number of benzene rings is 1. The van der Waals surface area contributed by atoms with Crippen LogP contribution in [0.3, 0.4) is 0 Å². The molecule has 1 saturated carbocycles. The summed E-state index contributed by atoms with van der Waals surface area (Å²) in [5.74, 6) is 0.298. The van der Waals surface area contributed by atoms with E-state index >= 15 is 0 Å². The maximum atomic E-state index is 12.6. The van der Waals surface area contributed by atoms with Crippen molar-refractivity contribution in [3.05, 3.63) is 29.8 Å². The standard InChI is InChI=1S/C18H26N2O3S/c1-14-7-2-3-10-17(14)19-18(21)15-8-6-9-16(13-15)24(22,23)20-11-4-5-12-20/h6,8-9,13-14,17H,2-5,7,10-12H2,1H3,(H,19,21)/t14-,17-/m1/s1. The number of hydrogen-bond donors (Lipinski definition) is 1. The lowest BCUT2D eigenvalue weighted by Gasteiger charge is -2.29. The van der Waals surface area contributed by atoms with E-state index in [1.807, 2.05) is 0 Å². The first-order valence-corrected chi connectivity index (χ1v) is 10.3. The highest BCUT2D eigenvalue weighted by atomic mass is 32.2. The number of carbonyl (C=O) groups is 1. The number of nitrogens with one attached hydrogen (secondary N) is 1. The third kappa shape index (κ3) is 3.64. The molecule has 0 spiro atoms. The highest BCUT2D eigenvalue weighted by Crippen LogP contribution is 2.25. The third-order valence-electron chi connectivity index (χ3n) is 5.23. The molecule has 0 radical (unpaired) electrons. The molecule has 1 aromatic rings. The Morgan fingerprint density at radius 1 is 1.12 bits per heavy atom. The minimum Gasteiger partial charge on any atom is -0.349 e. The van der Waals surface area contributed by atoms with E-state index in [-0.39, 0.29) is 16.8 Å². The quantitative estimate of drug-likeness (QED) is 0.908. The van der Waals surface area contributed by atoms with Gasteiger partial charge in [-0.05, 0) is 49.8 Å². The van der Waals surface area contributed by atoms with Gasteiger partial charge in [0.2, 0.25) is 10.0 Å². The Balaban J connectivity index is 1.76. The van der Waals surface area contributed by atoms with Gasteiger partial charge in [-0.25, -0.2) is 8.42 Å². The first-order chi connectivity index (χ1) is 11.5. The fourth-order valence-electron chi connectivity index (χ4n) is 3.66. The van der Waals surface area contributed by atoms with E-state index in [0.29, 0.717) is 24.6 Å². The van der Waals surface area contributed by atoms with Crippen LogP contribution in [0.1, 0.15) is 55.8 Å². The predicted octanol–water partition coefficient (Wildman–Crippen LogP) is 2.78. The van der Waals surface area contributed by atoms with E-state index in [9.17, 15) is 13.2 Å². The molecule has 1 aromatic carbocycles. The largest absolute Gasteiger partial charge is 0.349 e. The van der Waals surface area contributed by atoms with E-state index in [1.54, 1.807) is 18.2 Å². The Morgan fingerprint density at radius 3 is 2.54 bits per heavy atom. The molecule has 2 aliphatic rings. The molecule has 0 aromatic heterocycles. The van der Waals surface area contributed by atoms with E-state index in [0.717, 1.165) is 32.1 Å². The number of amides is 1. The van der Waals surface area contributed by atoms with Crippen molar-refractivity contribution in [1.82, 2.24) is 9.62 Å². The van der Waals surface area contributed by atoms with Crippen molar-refractivity contribution in [3.8, 4) is 0 Å². The van der Waals surface area contributed by atoms with E-state index in [4.69, 9.17) is 0 Å². The molecule has 1 aliphatic carbocycles. The fourth-order valence-corrected chi connectivity index (χ4v) is 5.22. The summed E-state index contributed by atoms with van der Waals surface area (Å²) < 4.78 is 26.8. The fraction of sp³-hybridized carbons (Fsp3) is 0.611. The molecule has 1 amide bonds. The van der Waals surface area contributed by atoms with Gasteiger partial charge in [0.05, 0.1) is 4.90 Å². The minimum atomic E-state index is -3.49. The lowest BCUT2D eigenvalue weighted by Crippen LogP contribution is -2.41. The summed E-state index contributed by atoms with van der Waals surface area (Å²) in [5, 5.41) is 3.09. The van der Waals surface area contributed by atoms with Crippen LogP contribution in [0.15, 0.2) is 29.2 Å². The van der Waals surface area contributed by atoms with Crippen molar-refractivity contribution >= 4 is 15.9 Å². The van der Waals surface area contributed by atoms with Crippen molar-refractivity contribution in [2.45, 2.75) is 56.4 Å². The average Bonchev–Trinajstić information content (AvgIpc) is 3.12. The van der Waals surface area contributed by atoms with Crippen LogP contribution in [0.2, 0.25) is 0 Å². The summed E-state index contributed by atoms with van der Waals surface area (Å²) >= 11 is 0. The maximum Gasteiger partial charge on any atom is 0.251 e. The molecule has 1 N–H and O–H groups in total. The van der Waals surface area contributed by atoms with Gasteiger partial charge in [-0.2, -0.15) is 4.31 Å². The van der Waals surface area contributed by atoms with Crippen LogP contribution in [-0.2, 0) is 10.0 Å². The Bertz CT molecular complexity index is 696. The number of nitrogens with zero attached hydrogens (tertiary/aromatic N) is 1. The Hall–Kier alpha value is -1.40. The van der Waals surface area contributed by atoms with Gasteiger partial charge in [-0.3, -0.25) is 4.79 Å². The monoisotopic (exact) mass is 350 g/mol. The van der Waals surface area contributed by atoms with Gasteiger partial charge in [-0.1, -0.05) is 25.8 Å². The molecule has 5 nitrogen and oxygen atoms in total. The second kappa shape index (κ2) is 7.23. The molecule has 6 heteroatoms. The summed E-state index contributed by atoms with van der Waals surface area (Å²) in [7, 11) is -3.49. The van der Waals surface area contributed by atoms with E-state index < -0.39 is 10.0 Å². The van der Waals surface area contributed by atoms with Crippen molar-refractivity contribution in [2.75, 3.05) is 13.1 Å². The molecular weight excluding hydrogens is 324 g/mol. The maximum absolute atomic E-state index is 12.6. The molecule has 24 heavy (non-hydrogen) atoms. The minimum absolute atomic E-state index is 0.174. The van der Waals surface area contributed by atoms with Crippen LogP contribution < -0.4 is 5.32 Å². The first kappa shape index (κ1) is 17.4. The average molecular weight is 350 g/mol. The molecule has 0 bridgehead atoms. The van der Waals surface area contributed by atoms with Gasteiger partial charge < -0.3 is 5.32 Å². The normalized spacial score (nSPS) is 25.5. The van der Waals surface area contributed by atoms with Gasteiger partial charge in [0.15, 0.2) is 0 Å². The van der Waals surface area contributed by atoms with Crippen LogP contribution in [0.4, 0.5) is 0 Å². The predicted molar refractivity (Wildman–Crippen MR) is 93.3 cm³/mol. The summed E-state index contributed by atoms with van der Waals surface area (Å²) in [5.41, 5.74) is 0.424. The van der Waals surface area contributed by atoms with E-state index in [2.05, 4.69) is 12.2 Å². The molecular formula is C18H26N2O3S. The zero-order valence-corrected chi connectivity index (χ0v) is 15.0. The van der Waals surface area contributed by atoms with Gasteiger partial charge in [0, 0.05) is 24.7 Å². The second-order valence-corrected chi connectivity index (χ2v) is 8.92. The molecule has 1 aliphatic heterocycles. The Kier molecular flexibility index (Phi) is 5.25. The molecule has 132 valence electrons. The summed E-state index contributed by atoms with van der Waals surface area (Å²) in [6.45, 7) is 3.30. The van der Waals surface area contributed by atoms with Crippen LogP contribution in [0, 0.1) is 5.92 Å². The van der Waals surface area contributed by atoms with Crippen LogP contribution in [0.25, 0.3) is 0 Å². The van der Waals surface area contributed by atoms with Gasteiger partial charge in [0.25, 0.3) is 5.91 Å². The zero-order chi connectivity index (χ0) is 17.2. The first-order valence-electron chi connectivity index (χ1n) is 8.89. The highest BCUT2D eigenvalue weighted by Gasteiger charge is 2.28. The number of rotatable bonds is 4. The second-order valence-electron chi connectivity index (χ2n) is 6.98. The number of hydrogen-bond acceptors (Lipinski definition) is 3. The lowest BCUT2D eigenvalue weighted by molar-refractivity contribution is 0.0910. The molecule has 2 fully saturated rings. The lowest BCUT2D eigenvalue weighted by atomic mass is 9.86. The van der Waals surface area contributed by atoms with Crippen molar-refractivity contribution < 1.29 is 13.2 Å². The summed E-state index contributed by atoms with van der Waals surface area (Å²) in [6.07, 6.45) is 6.29. The smallest absolute Gasteiger partial charge is 0.251 e. The molecule has 1 saturated heterocycles. The molecule has 2 atom stereocenters. The zero-order valence-electron chi connectivity index (χ0n) is 14.2. The van der Waals surface area contributed by atoms with Crippen LogP contribution in [-0.4, -0.2) is 37.8 Å². The molecule has 0 unspecified atom stereocenters. The SMILES string of the molecule is C[C@@H]1CCCC[C@H]1NC(=O)c1cccc(S(=O)(=O)N2CCCC2)c1. The Labute approximate surface area is 144 Å². The van der Waals surface area contributed by atoms with Crippen molar-refractivity contribution in [2.24, 2.45) is 5.92 Å². The number of sulfonamides is 1. The Morgan fingerprint density at radius 2 is 1.83 bits per heavy atom. The van der Waals surface area contributed by atoms with E-state index in [1.165, 1.54) is 16.8 Å². The highest BCUT2D eigenvalue weighted by molar-refractivity contribution is 7.89. The molecule has 1 heterocycles. The summed E-state index contributed by atoms with van der Waals surface area (Å²) in [6, 6.07) is 6.61. The van der Waals surface area contributed by atoms with Gasteiger partial charge in [-0.15, -0.1) is 0 Å². The number of carbonyl (C=O) groups excluding carboxylic acids is 1. The van der Waals surface area contributed by atoms with Crippen LogP contribution in [0.5, 0.6) is 0 Å². The van der Waals surface area contributed by atoms with Crippen molar-refractivity contribution in [1.29, 1.82) is 0 Å².